The van der Waals surface area contributed by atoms with Gasteiger partial charge in [0.2, 0.25) is 5.91 Å². The normalized spacial score (nSPS) is 17.5. The molecule has 0 bridgehead atoms. The molecule has 0 spiro atoms. The van der Waals surface area contributed by atoms with Crippen molar-refractivity contribution in [2.75, 3.05) is 10.6 Å². The van der Waals surface area contributed by atoms with Crippen LogP contribution in [0, 0.1) is 5.92 Å². The van der Waals surface area contributed by atoms with Crippen LogP contribution in [0.15, 0.2) is 58.7 Å². The van der Waals surface area contributed by atoms with Crippen molar-refractivity contribution in [2.24, 2.45) is 10.9 Å². The van der Waals surface area contributed by atoms with Gasteiger partial charge in [-0.1, -0.05) is 30.5 Å². The molecule has 166 valence electrons. The molecule has 5 rings (SSSR count). The fourth-order valence-electron chi connectivity index (χ4n) is 3.93. The highest BCUT2D eigenvalue weighted by atomic mass is 35.5. The lowest BCUT2D eigenvalue weighted by molar-refractivity contribution is -0.119. The number of aliphatic imine (C=N–C) groups is 1. The standard InChI is InChI=1S/C24H20ClN5O2S/c25-17-7-6-16(28-22(31)15-3-1-2-4-15)13-19(17)29-24-30-23(32)21(33-24)12-14-5-8-18-20(11-14)27-10-9-26-18/h5-13,15H,1-4H2,(H,28,31)(H,29,30,32). The molecule has 0 unspecified atom stereocenters. The first-order valence-electron chi connectivity index (χ1n) is 10.7. The van der Waals surface area contributed by atoms with Gasteiger partial charge in [0.15, 0.2) is 5.17 Å². The number of hydrogen-bond donors (Lipinski definition) is 2. The zero-order chi connectivity index (χ0) is 22.8. The SMILES string of the molecule is O=C1N=C(Nc2cc(NC(=O)C3CCCC3)ccc2Cl)SC1=Cc1ccc2nccnc2c1. The summed E-state index contributed by atoms with van der Waals surface area (Å²) >= 11 is 7.58. The number of rotatable bonds is 4. The summed E-state index contributed by atoms with van der Waals surface area (Å²) in [6.07, 6.45) is 9.10. The lowest BCUT2D eigenvalue weighted by Gasteiger charge is -2.13. The Balaban J connectivity index is 1.29. The Kier molecular flexibility index (Phi) is 6.11. The van der Waals surface area contributed by atoms with Gasteiger partial charge >= 0.3 is 0 Å². The second kappa shape index (κ2) is 9.33. The molecule has 1 fully saturated rings. The molecule has 2 amide bonds. The molecule has 0 atom stereocenters. The number of hydrogen-bond acceptors (Lipinski definition) is 6. The average Bonchev–Trinajstić information content (AvgIpc) is 3.46. The van der Waals surface area contributed by atoms with Crippen molar-refractivity contribution in [3.8, 4) is 0 Å². The Bertz CT molecular complexity index is 1320. The van der Waals surface area contributed by atoms with Crippen LogP contribution in [-0.4, -0.2) is 26.9 Å². The van der Waals surface area contributed by atoms with E-state index < -0.39 is 0 Å². The number of anilines is 2. The van der Waals surface area contributed by atoms with E-state index in [0.29, 0.717) is 26.5 Å². The molecule has 1 saturated carbocycles. The molecule has 2 N–H and O–H groups in total. The van der Waals surface area contributed by atoms with E-state index in [1.54, 1.807) is 36.7 Å². The zero-order valence-electron chi connectivity index (χ0n) is 17.5. The fourth-order valence-corrected chi connectivity index (χ4v) is 4.92. The molecule has 2 aliphatic rings. The van der Waals surface area contributed by atoms with Gasteiger partial charge < -0.3 is 10.6 Å². The molecule has 1 aliphatic carbocycles. The van der Waals surface area contributed by atoms with E-state index in [2.05, 4.69) is 25.6 Å². The van der Waals surface area contributed by atoms with Gasteiger partial charge in [0.25, 0.3) is 5.91 Å². The van der Waals surface area contributed by atoms with E-state index in [-0.39, 0.29) is 17.7 Å². The van der Waals surface area contributed by atoms with Gasteiger partial charge in [0.05, 0.1) is 26.6 Å². The topological polar surface area (TPSA) is 96.3 Å². The maximum Gasteiger partial charge on any atom is 0.286 e. The third-order valence-corrected chi connectivity index (χ3v) is 6.84. The van der Waals surface area contributed by atoms with Crippen LogP contribution < -0.4 is 10.6 Å². The van der Waals surface area contributed by atoms with E-state index >= 15 is 0 Å². The highest BCUT2D eigenvalue weighted by Gasteiger charge is 2.24. The molecule has 7 nitrogen and oxygen atoms in total. The summed E-state index contributed by atoms with van der Waals surface area (Å²) in [6.45, 7) is 0. The van der Waals surface area contributed by atoms with Crippen molar-refractivity contribution in [1.29, 1.82) is 0 Å². The lowest BCUT2D eigenvalue weighted by atomic mass is 10.1. The number of aromatic nitrogens is 2. The molecule has 9 heteroatoms. The maximum atomic E-state index is 12.5. The lowest BCUT2D eigenvalue weighted by Crippen LogP contribution is -2.20. The minimum atomic E-state index is -0.330. The predicted molar refractivity (Wildman–Crippen MR) is 133 cm³/mol. The quantitative estimate of drug-likeness (QED) is 0.482. The van der Waals surface area contributed by atoms with Gasteiger partial charge in [-0.25, -0.2) is 0 Å². The smallest absolute Gasteiger partial charge is 0.286 e. The summed E-state index contributed by atoms with van der Waals surface area (Å²) < 4.78 is 0. The minimum Gasteiger partial charge on any atom is -0.333 e. The molecule has 2 aromatic carbocycles. The molecule has 3 aromatic rings. The summed E-state index contributed by atoms with van der Waals surface area (Å²) in [4.78, 5) is 38.0. The number of nitrogens with one attached hydrogen (secondary N) is 2. The molecule has 2 heterocycles. The second-order valence-corrected chi connectivity index (χ2v) is 9.37. The van der Waals surface area contributed by atoms with Gasteiger partial charge in [-0.2, -0.15) is 4.99 Å². The molecular weight excluding hydrogens is 458 g/mol. The Hall–Kier alpha value is -3.23. The minimum absolute atomic E-state index is 0.0360. The summed E-state index contributed by atoms with van der Waals surface area (Å²) in [7, 11) is 0. The van der Waals surface area contributed by atoms with E-state index in [1.807, 2.05) is 18.2 Å². The predicted octanol–water partition coefficient (Wildman–Crippen LogP) is 5.49. The van der Waals surface area contributed by atoms with Crippen LogP contribution in [0.5, 0.6) is 0 Å². The van der Waals surface area contributed by atoms with Crippen LogP contribution >= 0.6 is 23.4 Å². The van der Waals surface area contributed by atoms with Crippen LogP contribution in [0.3, 0.4) is 0 Å². The molecule has 1 aromatic heterocycles. The molecule has 1 aliphatic heterocycles. The first-order chi connectivity index (χ1) is 16.0. The number of carbonyl (C=O) groups is 2. The third-order valence-electron chi connectivity index (χ3n) is 5.61. The summed E-state index contributed by atoms with van der Waals surface area (Å²) in [5, 5.41) is 6.97. The highest BCUT2D eigenvalue weighted by molar-refractivity contribution is 8.18. The van der Waals surface area contributed by atoms with E-state index in [0.717, 1.165) is 42.3 Å². The van der Waals surface area contributed by atoms with Gasteiger partial charge in [-0.15, -0.1) is 0 Å². The van der Waals surface area contributed by atoms with Crippen molar-refractivity contribution in [3.05, 3.63) is 64.3 Å². The zero-order valence-corrected chi connectivity index (χ0v) is 19.1. The van der Waals surface area contributed by atoms with Gasteiger partial charge in [-0.05, 0) is 66.6 Å². The van der Waals surface area contributed by atoms with Crippen LogP contribution in [0.1, 0.15) is 31.2 Å². The third kappa shape index (κ3) is 4.91. The number of carbonyl (C=O) groups excluding carboxylic acids is 2. The maximum absolute atomic E-state index is 12.5. The molecule has 0 saturated heterocycles. The number of amidine groups is 1. The number of benzene rings is 2. The number of nitrogens with zero attached hydrogens (tertiary/aromatic N) is 3. The summed E-state index contributed by atoms with van der Waals surface area (Å²) in [5.74, 6) is -0.226. The van der Waals surface area contributed by atoms with Crippen LogP contribution in [0.4, 0.5) is 11.4 Å². The molecule has 0 radical (unpaired) electrons. The number of thioether (sulfide) groups is 1. The number of halogens is 1. The summed E-state index contributed by atoms with van der Waals surface area (Å²) in [5.41, 5.74) is 3.61. The number of amides is 2. The Labute approximate surface area is 199 Å². The fraction of sp³-hybridized carbons (Fsp3) is 0.208. The average molecular weight is 478 g/mol. The van der Waals surface area contributed by atoms with Crippen molar-refractivity contribution in [3.63, 3.8) is 0 Å². The van der Waals surface area contributed by atoms with Gasteiger partial charge in [-0.3, -0.25) is 19.6 Å². The van der Waals surface area contributed by atoms with Crippen molar-refractivity contribution < 1.29 is 9.59 Å². The van der Waals surface area contributed by atoms with E-state index in [4.69, 9.17) is 11.6 Å². The van der Waals surface area contributed by atoms with Crippen molar-refractivity contribution in [1.82, 2.24) is 9.97 Å². The first-order valence-corrected chi connectivity index (χ1v) is 11.9. The van der Waals surface area contributed by atoms with Crippen LogP contribution in [0.25, 0.3) is 17.1 Å². The van der Waals surface area contributed by atoms with E-state index in [1.165, 1.54) is 11.8 Å². The van der Waals surface area contributed by atoms with Crippen molar-refractivity contribution >= 4 is 68.8 Å². The van der Waals surface area contributed by atoms with Crippen molar-refractivity contribution in [2.45, 2.75) is 25.7 Å². The van der Waals surface area contributed by atoms with Gasteiger partial charge in [0, 0.05) is 24.0 Å². The van der Waals surface area contributed by atoms with Crippen LogP contribution in [0.2, 0.25) is 5.02 Å². The monoisotopic (exact) mass is 477 g/mol. The Morgan fingerprint density at radius 1 is 1.06 bits per heavy atom. The second-order valence-electron chi connectivity index (χ2n) is 7.93. The highest BCUT2D eigenvalue weighted by Crippen LogP contribution is 2.33. The Morgan fingerprint density at radius 2 is 1.85 bits per heavy atom. The number of fused-ring (bicyclic) bond motifs is 1. The molecular formula is C24H20ClN5O2S. The largest absolute Gasteiger partial charge is 0.333 e. The van der Waals surface area contributed by atoms with Crippen LogP contribution in [-0.2, 0) is 9.59 Å². The molecule has 33 heavy (non-hydrogen) atoms. The summed E-state index contributed by atoms with van der Waals surface area (Å²) in [6, 6.07) is 10.9. The van der Waals surface area contributed by atoms with E-state index in [9.17, 15) is 9.59 Å². The Morgan fingerprint density at radius 3 is 2.67 bits per heavy atom. The van der Waals surface area contributed by atoms with Gasteiger partial charge in [0.1, 0.15) is 0 Å². The first kappa shape index (κ1) is 21.6.